The number of phenols is 1. The van der Waals surface area contributed by atoms with E-state index in [1.54, 1.807) is 18.2 Å². The Morgan fingerprint density at radius 1 is 1.07 bits per heavy atom. The van der Waals surface area contributed by atoms with Crippen molar-refractivity contribution in [2.24, 2.45) is 5.92 Å². The van der Waals surface area contributed by atoms with Crippen LogP contribution in [0.15, 0.2) is 30.3 Å². The largest absolute Gasteiger partial charge is 0.508 e. The zero-order chi connectivity index (χ0) is 30.6. The number of benzene rings is 3. The summed E-state index contributed by atoms with van der Waals surface area (Å²) in [6.07, 6.45) is 7.10. The second kappa shape index (κ2) is 10.1. The first kappa shape index (κ1) is 28.0. The first-order valence-corrected chi connectivity index (χ1v) is 16.6. The zero-order valence-electron chi connectivity index (χ0n) is 25.3. The van der Waals surface area contributed by atoms with Gasteiger partial charge in [-0.2, -0.15) is 9.97 Å². The highest BCUT2D eigenvalue weighted by Gasteiger charge is 2.59. The van der Waals surface area contributed by atoms with Crippen LogP contribution in [0.5, 0.6) is 11.8 Å². The van der Waals surface area contributed by atoms with Gasteiger partial charge in [0.25, 0.3) is 0 Å². The van der Waals surface area contributed by atoms with Gasteiger partial charge in [0.2, 0.25) is 0 Å². The number of piperazine rings is 1. The van der Waals surface area contributed by atoms with Crippen LogP contribution in [0, 0.1) is 17.6 Å². The summed E-state index contributed by atoms with van der Waals surface area (Å²) in [6.45, 7) is 2.92. The second-order valence-corrected chi connectivity index (χ2v) is 14.6. The van der Waals surface area contributed by atoms with Crippen molar-refractivity contribution in [1.29, 1.82) is 0 Å². The first-order chi connectivity index (χ1) is 21.8. The van der Waals surface area contributed by atoms with Crippen LogP contribution in [0.2, 0.25) is 5.02 Å². The van der Waals surface area contributed by atoms with Crippen LogP contribution in [-0.2, 0) is 5.41 Å². The van der Waals surface area contributed by atoms with E-state index in [9.17, 15) is 5.11 Å². The topological polar surface area (TPSA) is 73.8 Å². The van der Waals surface area contributed by atoms with Gasteiger partial charge in [0.05, 0.1) is 5.02 Å². The highest BCUT2D eigenvalue weighted by atomic mass is 35.5. The van der Waals surface area contributed by atoms with E-state index in [2.05, 4.69) is 27.1 Å². The number of likely N-dealkylation sites (tertiary alicyclic amines) is 1. The molecular weight excluding hydrogens is 596 g/mol. The Morgan fingerprint density at radius 3 is 2.53 bits per heavy atom. The van der Waals surface area contributed by atoms with Crippen molar-refractivity contribution >= 4 is 39.1 Å². The van der Waals surface area contributed by atoms with Gasteiger partial charge in [0.15, 0.2) is 5.82 Å². The molecule has 10 heteroatoms. The fraction of sp³-hybridized carbons (Fsp3) is 0.486. The van der Waals surface area contributed by atoms with E-state index in [4.69, 9.17) is 21.3 Å². The number of likely N-dealkylation sites (N-methyl/N-ethyl adjacent to an activating group) is 1. The summed E-state index contributed by atoms with van der Waals surface area (Å²) in [6, 6.07) is 9.05. The Kier molecular flexibility index (Phi) is 6.29. The Hall–Kier alpha value is -3.27. The molecule has 3 aliphatic heterocycles. The molecule has 0 amide bonds. The Balaban J connectivity index is 1.23. The number of halogens is 3. The van der Waals surface area contributed by atoms with Crippen LogP contribution < -0.4 is 15.0 Å². The number of aromatic hydroxyl groups is 1. The van der Waals surface area contributed by atoms with Gasteiger partial charge in [-0.1, -0.05) is 17.7 Å². The third-order valence-electron chi connectivity index (χ3n) is 11.3. The number of aromatic nitrogens is 2. The van der Waals surface area contributed by atoms with Gasteiger partial charge in [-0.15, -0.1) is 0 Å². The van der Waals surface area contributed by atoms with Gasteiger partial charge >= 0.3 is 6.01 Å². The predicted molar refractivity (Wildman–Crippen MR) is 171 cm³/mol. The van der Waals surface area contributed by atoms with Crippen molar-refractivity contribution < 1.29 is 18.6 Å². The van der Waals surface area contributed by atoms with Crippen LogP contribution in [-0.4, -0.2) is 71.4 Å². The number of hydrogen-bond donors (Lipinski definition) is 2. The molecule has 234 valence electrons. The molecule has 4 bridgehead atoms. The monoisotopic (exact) mass is 631 g/mol. The summed E-state index contributed by atoms with van der Waals surface area (Å²) < 4.78 is 39.1. The maximum Gasteiger partial charge on any atom is 0.319 e. The van der Waals surface area contributed by atoms with Gasteiger partial charge in [-0.05, 0) is 110 Å². The minimum Gasteiger partial charge on any atom is -0.508 e. The third-order valence-corrected chi connectivity index (χ3v) is 11.6. The number of anilines is 1. The summed E-state index contributed by atoms with van der Waals surface area (Å²) in [5.74, 6) is 0.283. The molecule has 1 aromatic heterocycles. The summed E-state index contributed by atoms with van der Waals surface area (Å²) in [4.78, 5) is 14.0. The predicted octanol–water partition coefficient (Wildman–Crippen LogP) is 6.55. The average Bonchev–Trinajstić information content (AvgIpc) is 3.54. The first-order valence-electron chi connectivity index (χ1n) is 16.3. The van der Waals surface area contributed by atoms with Crippen molar-refractivity contribution in [3.05, 3.63) is 52.6 Å². The Bertz CT molecular complexity index is 1860. The minimum absolute atomic E-state index is 0.0346. The van der Waals surface area contributed by atoms with Crippen molar-refractivity contribution in [2.75, 3.05) is 38.2 Å². The summed E-state index contributed by atoms with van der Waals surface area (Å²) in [7, 11) is 2.09. The van der Waals surface area contributed by atoms with E-state index < -0.39 is 5.82 Å². The molecule has 0 spiro atoms. The number of nitrogens with one attached hydrogen (secondary N) is 1. The highest BCUT2D eigenvalue weighted by molar-refractivity contribution is 6.35. The van der Waals surface area contributed by atoms with Gasteiger partial charge in [0, 0.05) is 47.7 Å². The second-order valence-electron chi connectivity index (χ2n) is 14.2. The van der Waals surface area contributed by atoms with Gasteiger partial charge in [0.1, 0.15) is 29.5 Å². The smallest absolute Gasteiger partial charge is 0.319 e. The van der Waals surface area contributed by atoms with E-state index in [1.807, 2.05) is 0 Å². The van der Waals surface area contributed by atoms with Crippen molar-refractivity contribution in [3.63, 3.8) is 0 Å². The van der Waals surface area contributed by atoms with Crippen molar-refractivity contribution in [1.82, 2.24) is 20.2 Å². The number of fused-ring (bicyclic) bond motifs is 4. The van der Waals surface area contributed by atoms with E-state index in [-0.39, 0.29) is 45.1 Å². The standard InChI is InChI=1S/C35H36ClF2N5O2/c1-42-8-2-3-22(42)17-45-34-40-32-25(33(41-34)43-15-20-5-6-21(16-43)39-20)11-26(36)29(31(32)38)24-10-23(44)9-19-4-7-27(37)30(28(19)24)35-12-18(13-35)14-35/h4,7,9-11,18,20-22,39,44H,2-3,5-6,8,12-17H2,1H3/t18?,20?,21?,22-,35?/m0/s1. The Morgan fingerprint density at radius 2 is 1.84 bits per heavy atom. The number of phenolic OH excluding ortho intramolecular Hbond substituents is 1. The molecule has 4 heterocycles. The fourth-order valence-electron chi connectivity index (χ4n) is 8.97. The van der Waals surface area contributed by atoms with Gasteiger partial charge < -0.3 is 25.0 Å². The maximum atomic E-state index is 17.2. The highest BCUT2D eigenvalue weighted by Crippen LogP contribution is 2.67. The van der Waals surface area contributed by atoms with Crippen LogP contribution in [0.25, 0.3) is 32.8 Å². The molecule has 6 fully saturated rings. The molecular formula is C35H36ClF2N5O2. The Labute approximate surface area is 265 Å². The average molecular weight is 632 g/mol. The van der Waals surface area contributed by atoms with Crippen LogP contribution >= 0.6 is 11.6 Å². The fourth-order valence-corrected chi connectivity index (χ4v) is 9.26. The number of nitrogens with zero attached hydrogens (tertiary/aromatic N) is 4. The minimum atomic E-state index is -0.623. The molecule has 7 nitrogen and oxygen atoms in total. The van der Waals surface area contributed by atoms with Gasteiger partial charge in [-0.3, -0.25) is 0 Å². The van der Waals surface area contributed by atoms with Crippen LogP contribution in [0.3, 0.4) is 0 Å². The van der Waals surface area contributed by atoms with Crippen LogP contribution in [0.1, 0.15) is 50.5 Å². The molecule has 45 heavy (non-hydrogen) atoms. The molecule has 10 rings (SSSR count). The lowest BCUT2D eigenvalue weighted by Crippen LogP contribution is -2.55. The molecule has 3 aliphatic carbocycles. The SMILES string of the molecule is CN1CCC[C@H]1COc1nc(N2CC3CCC(C2)N3)c2cc(Cl)c(-c3cc(O)cc4ccc(F)c(C56CC(C5)C6)c34)c(F)c2n1. The molecule has 2 N–H and O–H groups in total. The lowest BCUT2D eigenvalue weighted by atomic mass is 9.42. The van der Waals surface area contributed by atoms with E-state index in [0.29, 0.717) is 57.7 Å². The number of hydrogen-bond acceptors (Lipinski definition) is 7. The lowest BCUT2D eigenvalue weighted by molar-refractivity contribution is -0.0287. The molecule has 2 unspecified atom stereocenters. The third kappa shape index (κ3) is 4.33. The van der Waals surface area contributed by atoms with E-state index in [1.165, 1.54) is 12.1 Å². The summed E-state index contributed by atoms with van der Waals surface area (Å²) in [5, 5.41) is 16.4. The molecule has 3 saturated carbocycles. The molecule has 3 aromatic carbocycles. The lowest BCUT2D eigenvalue weighted by Gasteiger charge is -2.62. The zero-order valence-corrected chi connectivity index (χ0v) is 26.0. The van der Waals surface area contributed by atoms with E-state index >= 15 is 8.78 Å². The van der Waals surface area contributed by atoms with Gasteiger partial charge in [-0.25, -0.2) is 8.78 Å². The summed E-state index contributed by atoms with van der Waals surface area (Å²) >= 11 is 7.00. The molecule has 0 radical (unpaired) electrons. The van der Waals surface area contributed by atoms with E-state index in [0.717, 1.165) is 64.6 Å². The number of ether oxygens (including phenoxy) is 1. The van der Waals surface area contributed by atoms with Crippen LogP contribution in [0.4, 0.5) is 14.6 Å². The quantitative estimate of drug-likeness (QED) is 0.250. The molecule has 3 atom stereocenters. The van der Waals surface area contributed by atoms with Crippen molar-refractivity contribution in [3.8, 4) is 22.9 Å². The molecule has 6 aliphatic rings. The molecule has 3 saturated heterocycles. The number of rotatable bonds is 6. The molecule has 4 aromatic rings. The maximum absolute atomic E-state index is 17.2. The summed E-state index contributed by atoms with van der Waals surface area (Å²) in [5.41, 5.74) is 0.960. The normalized spacial score (nSPS) is 28.9. The van der Waals surface area contributed by atoms with Crippen molar-refractivity contribution in [2.45, 2.75) is 68.5 Å².